The predicted octanol–water partition coefficient (Wildman–Crippen LogP) is 1.06. The fourth-order valence-corrected chi connectivity index (χ4v) is 3.65. The molecule has 0 aliphatic carbocycles. The third kappa shape index (κ3) is 3.30. The first-order valence-corrected chi connectivity index (χ1v) is 7.44. The Bertz CT molecular complexity index is 570. The summed E-state index contributed by atoms with van der Waals surface area (Å²) in [6, 6.07) is 5.24. The summed E-state index contributed by atoms with van der Waals surface area (Å²) < 4.78 is 38.1. The molecule has 0 unspecified atom stereocenters. The Morgan fingerprint density at radius 3 is 2.53 bits per heavy atom. The van der Waals surface area contributed by atoms with Crippen LogP contribution in [0.4, 0.5) is 4.39 Å². The molecule has 2 rings (SSSR count). The smallest absolute Gasteiger partial charge is 0.307 e. The number of aliphatic carboxylic acids is 1. The summed E-state index contributed by atoms with van der Waals surface area (Å²) >= 11 is 0. The molecule has 19 heavy (non-hydrogen) atoms. The molecule has 1 heterocycles. The predicted molar refractivity (Wildman–Crippen MR) is 66.3 cm³/mol. The van der Waals surface area contributed by atoms with Crippen molar-refractivity contribution in [2.45, 2.75) is 12.2 Å². The van der Waals surface area contributed by atoms with Gasteiger partial charge in [0.1, 0.15) is 5.82 Å². The largest absolute Gasteiger partial charge is 0.481 e. The zero-order chi connectivity index (χ0) is 14.0. The molecule has 0 bridgehead atoms. The van der Waals surface area contributed by atoms with E-state index in [9.17, 15) is 17.6 Å². The molecule has 1 aromatic carbocycles. The van der Waals surface area contributed by atoms with Crippen LogP contribution in [-0.4, -0.2) is 36.9 Å². The van der Waals surface area contributed by atoms with Crippen molar-refractivity contribution in [1.29, 1.82) is 0 Å². The Balaban J connectivity index is 2.07. The summed E-state index contributed by atoms with van der Waals surface area (Å²) in [5, 5.41) is 8.85. The molecule has 1 aliphatic heterocycles. The van der Waals surface area contributed by atoms with Gasteiger partial charge in [0.05, 0.1) is 11.7 Å². The molecule has 1 fully saturated rings. The third-order valence-electron chi connectivity index (χ3n) is 3.16. The monoisotopic (exact) mass is 287 g/mol. The molecular formula is C12H14FNO4S. The Morgan fingerprint density at radius 1 is 1.37 bits per heavy atom. The molecule has 1 N–H and O–H groups in total. The molecule has 0 saturated carbocycles. The first-order valence-electron chi connectivity index (χ1n) is 5.83. The van der Waals surface area contributed by atoms with Gasteiger partial charge in [-0.15, -0.1) is 0 Å². The molecule has 7 heteroatoms. The SMILES string of the molecule is O=C(O)[C@@H]1CCN(S(=O)(=O)Cc2ccc(F)cc2)C1. The van der Waals surface area contributed by atoms with Gasteiger partial charge in [-0.3, -0.25) is 4.79 Å². The zero-order valence-corrected chi connectivity index (χ0v) is 10.9. The molecule has 1 atom stereocenters. The maximum atomic E-state index is 12.7. The summed E-state index contributed by atoms with van der Waals surface area (Å²) in [5.74, 6) is -2.27. The molecule has 0 radical (unpaired) electrons. The lowest BCUT2D eigenvalue weighted by Gasteiger charge is -2.15. The normalized spacial score (nSPS) is 20.6. The first kappa shape index (κ1) is 14.0. The van der Waals surface area contributed by atoms with Gasteiger partial charge in [-0.05, 0) is 24.1 Å². The van der Waals surface area contributed by atoms with E-state index in [-0.39, 0.29) is 18.8 Å². The maximum Gasteiger partial charge on any atom is 0.307 e. The second-order valence-electron chi connectivity index (χ2n) is 4.56. The summed E-state index contributed by atoms with van der Waals surface area (Å²) in [4.78, 5) is 10.8. The second-order valence-corrected chi connectivity index (χ2v) is 6.53. The Morgan fingerprint density at radius 2 is 2.00 bits per heavy atom. The van der Waals surface area contributed by atoms with Gasteiger partial charge in [0.2, 0.25) is 10.0 Å². The molecule has 0 spiro atoms. The van der Waals surface area contributed by atoms with Gasteiger partial charge in [-0.1, -0.05) is 12.1 Å². The van der Waals surface area contributed by atoms with Crippen molar-refractivity contribution in [2.24, 2.45) is 5.92 Å². The number of nitrogens with zero attached hydrogens (tertiary/aromatic N) is 1. The van der Waals surface area contributed by atoms with Crippen LogP contribution < -0.4 is 0 Å². The summed E-state index contributed by atoms with van der Waals surface area (Å²) in [6.45, 7) is 0.235. The lowest BCUT2D eigenvalue weighted by atomic mass is 10.1. The average Bonchev–Trinajstić information content (AvgIpc) is 2.82. The first-order chi connectivity index (χ1) is 8.88. The third-order valence-corrected chi connectivity index (χ3v) is 4.97. The van der Waals surface area contributed by atoms with Crippen molar-refractivity contribution in [3.8, 4) is 0 Å². The minimum atomic E-state index is -3.54. The second kappa shape index (κ2) is 5.26. The van der Waals surface area contributed by atoms with Crippen LogP contribution in [0.5, 0.6) is 0 Å². The van der Waals surface area contributed by atoms with Crippen molar-refractivity contribution in [3.63, 3.8) is 0 Å². The van der Waals surface area contributed by atoms with Gasteiger partial charge in [0, 0.05) is 13.1 Å². The van der Waals surface area contributed by atoms with Crippen LogP contribution in [0.25, 0.3) is 0 Å². The lowest BCUT2D eigenvalue weighted by molar-refractivity contribution is -0.141. The van der Waals surface area contributed by atoms with Crippen LogP contribution in [0.1, 0.15) is 12.0 Å². The number of carboxylic acids is 1. The molecule has 104 valence electrons. The van der Waals surface area contributed by atoms with Crippen molar-refractivity contribution in [3.05, 3.63) is 35.6 Å². The number of halogens is 1. The number of benzene rings is 1. The Kier molecular flexibility index (Phi) is 3.86. The molecule has 1 aromatic rings. The van der Waals surface area contributed by atoms with Gasteiger partial charge in [0.15, 0.2) is 0 Å². The molecule has 0 aromatic heterocycles. The average molecular weight is 287 g/mol. The highest BCUT2D eigenvalue weighted by molar-refractivity contribution is 7.88. The van der Waals surface area contributed by atoms with E-state index in [1.54, 1.807) is 0 Å². The van der Waals surface area contributed by atoms with Gasteiger partial charge in [-0.25, -0.2) is 17.1 Å². The lowest BCUT2D eigenvalue weighted by Crippen LogP contribution is -2.31. The number of carbonyl (C=O) groups is 1. The van der Waals surface area contributed by atoms with Crippen LogP contribution in [-0.2, 0) is 20.6 Å². The molecule has 1 aliphatic rings. The summed E-state index contributed by atoms with van der Waals surface area (Å²) in [5.41, 5.74) is 0.486. The zero-order valence-electron chi connectivity index (χ0n) is 10.1. The van der Waals surface area contributed by atoms with E-state index >= 15 is 0 Å². The van der Waals surface area contributed by atoms with Gasteiger partial charge in [-0.2, -0.15) is 0 Å². The number of hydrogen-bond donors (Lipinski definition) is 1. The number of sulfonamides is 1. The highest BCUT2D eigenvalue weighted by atomic mass is 32.2. The van der Waals surface area contributed by atoms with Crippen molar-refractivity contribution >= 4 is 16.0 Å². The van der Waals surface area contributed by atoms with E-state index in [0.29, 0.717) is 12.0 Å². The highest BCUT2D eigenvalue weighted by Gasteiger charge is 2.34. The fraction of sp³-hybridized carbons (Fsp3) is 0.417. The van der Waals surface area contributed by atoms with E-state index in [2.05, 4.69) is 0 Å². The van der Waals surface area contributed by atoms with Crippen LogP contribution >= 0.6 is 0 Å². The molecular weight excluding hydrogens is 273 g/mol. The van der Waals surface area contributed by atoms with Gasteiger partial charge < -0.3 is 5.11 Å². The molecule has 1 saturated heterocycles. The van der Waals surface area contributed by atoms with E-state index in [1.807, 2.05) is 0 Å². The topological polar surface area (TPSA) is 74.7 Å². The quantitative estimate of drug-likeness (QED) is 0.898. The van der Waals surface area contributed by atoms with Crippen molar-refractivity contribution in [1.82, 2.24) is 4.31 Å². The van der Waals surface area contributed by atoms with E-state index < -0.39 is 27.7 Å². The van der Waals surface area contributed by atoms with Gasteiger partial charge >= 0.3 is 5.97 Å². The summed E-state index contributed by atoms with van der Waals surface area (Å²) in [7, 11) is -3.54. The van der Waals surface area contributed by atoms with Crippen molar-refractivity contribution < 1.29 is 22.7 Å². The molecule has 5 nitrogen and oxygen atoms in total. The van der Waals surface area contributed by atoms with Crippen LogP contribution in [0.2, 0.25) is 0 Å². The fourth-order valence-electron chi connectivity index (χ4n) is 2.06. The number of carboxylic acid groups (broad SMARTS) is 1. The van der Waals surface area contributed by atoms with Crippen LogP contribution in [0, 0.1) is 11.7 Å². The Hall–Kier alpha value is -1.47. The highest BCUT2D eigenvalue weighted by Crippen LogP contribution is 2.22. The van der Waals surface area contributed by atoms with E-state index in [1.165, 1.54) is 28.6 Å². The standard InChI is InChI=1S/C12H14FNO4S/c13-11-3-1-9(2-4-11)8-19(17,18)14-6-5-10(7-14)12(15)16/h1-4,10H,5-8H2,(H,15,16)/t10-/m1/s1. The summed E-state index contributed by atoms with van der Waals surface area (Å²) in [6.07, 6.45) is 0.331. The minimum Gasteiger partial charge on any atom is -0.481 e. The minimum absolute atomic E-state index is 0.0128. The van der Waals surface area contributed by atoms with Crippen LogP contribution in [0.3, 0.4) is 0 Å². The van der Waals surface area contributed by atoms with Gasteiger partial charge in [0.25, 0.3) is 0 Å². The van der Waals surface area contributed by atoms with E-state index in [0.717, 1.165) is 0 Å². The number of hydrogen-bond acceptors (Lipinski definition) is 3. The van der Waals surface area contributed by atoms with E-state index in [4.69, 9.17) is 5.11 Å². The van der Waals surface area contributed by atoms with Crippen molar-refractivity contribution in [2.75, 3.05) is 13.1 Å². The van der Waals surface area contributed by atoms with Crippen LogP contribution in [0.15, 0.2) is 24.3 Å². The molecule has 0 amide bonds. The maximum absolute atomic E-state index is 12.7. The number of rotatable bonds is 4. The Labute approximate surface area is 110 Å².